The molecule has 0 atom stereocenters. The molecule has 0 unspecified atom stereocenters. The van der Waals surface area contributed by atoms with Crippen LogP contribution in [0, 0.1) is 0 Å². The Balaban J connectivity index is 1.86. The minimum Gasteiger partial charge on any atom is -0.475 e. The van der Waals surface area contributed by atoms with E-state index in [-0.39, 0.29) is 25.6 Å². The summed E-state index contributed by atoms with van der Waals surface area (Å²) in [5.41, 5.74) is -0.543. The largest absolute Gasteiger partial charge is 0.475 e. The molecule has 0 bridgehead atoms. The van der Waals surface area contributed by atoms with E-state index in [1.165, 1.54) is 0 Å². The maximum absolute atomic E-state index is 12.9. The number of alkyl halides is 3. The molecule has 0 radical (unpaired) electrons. The van der Waals surface area contributed by atoms with Gasteiger partial charge in [-0.15, -0.1) is 0 Å². The van der Waals surface area contributed by atoms with Gasteiger partial charge in [-0.25, -0.2) is 18.1 Å². The molecular weight excluding hydrogens is 459 g/mol. The number of hydrogen-bond donors (Lipinski definition) is 2. The van der Waals surface area contributed by atoms with Crippen LogP contribution in [0.5, 0.6) is 5.88 Å². The number of pyridine rings is 1. The van der Waals surface area contributed by atoms with Gasteiger partial charge in [-0.05, 0) is 37.6 Å². The third-order valence-corrected chi connectivity index (χ3v) is 5.63. The molecular formula is C19H21ClF3N3O4S. The summed E-state index contributed by atoms with van der Waals surface area (Å²) in [5, 5.41) is 1.99. The Labute approximate surface area is 183 Å². The summed E-state index contributed by atoms with van der Waals surface area (Å²) < 4.78 is 70.7. The lowest BCUT2D eigenvalue weighted by molar-refractivity contribution is -0.137. The van der Waals surface area contributed by atoms with Crippen LogP contribution in [0.2, 0.25) is 5.02 Å². The van der Waals surface area contributed by atoms with Gasteiger partial charge in [-0.1, -0.05) is 17.7 Å². The van der Waals surface area contributed by atoms with Gasteiger partial charge >= 0.3 is 6.18 Å². The van der Waals surface area contributed by atoms with Crippen molar-refractivity contribution in [3.05, 3.63) is 52.7 Å². The fourth-order valence-electron chi connectivity index (χ4n) is 2.39. The second kappa shape index (κ2) is 10.3. The Morgan fingerprint density at radius 1 is 1.23 bits per heavy atom. The predicted molar refractivity (Wildman–Crippen MR) is 108 cm³/mol. The molecule has 7 nitrogen and oxygen atoms in total. The van der Waals surface area contributed by atoms with E-state index in [1.807, 2.05) is 13.8 Å². The van der Waals surface area contributed by atoms with Gasteiger partial charge in [0.1, 0.15) is 0 Å². The van der Waals surface area contributed by atoms with E-state index in [0.717, 1.165) is 12.1 Å². The molecule has 1 aromatic carbocycles. The Kier molecular flexibility index (Phi) is 8.27. The third kappa shape index (κ3) is 7.67. The molecule has 1 aromatic heterocycles. The summed E-state index contributed by atoms with van der Waals surface area (Å²) in [5.74, 6) is 0.00709. The normalized spacial score (nSPS) is 12.1. The molecule has 0 saturated carbocycles. The smallest absolute Gasteiger partial charge is 0.417 e. The minimum absolute atomic E-state index is 0.0187. The molecule has 12 heteroatoms. The summed E-state index contributed by atoms with van der Waals surface area (Å²) in [6.45, 7) is 3.61. The van der Waals surface area contributed by atoms with Crippen molar-refractivity contribution in [1.82, 2.24) is 15.0 Å². The highest BCUT2D eigenvalue weighted by atomic mass is 35.5. The van der Waals surface area contributed by atoms with Crippen molar-refractivity contribution in [1.29, 1.82) is 0 Å². The van der Waals surface area contributed by atoms with Crippen molar-refractivity contribution in [3.8, 4) is 5.88 Å². The van der Waals surface area contributed by atoms with E-state index in [1.54, 1.807) is 18.3 Å². The van der Waals surface area contributed by atoms with Crippen LogP contribution in [0.25, 0.3) is 0 Å². The molecule has 0 saturated heterocycles. The van der Waals surface area contributed by atoms with E-state index in [2.05, 4.69) is 15.0 Å². The maximum atomic E-state index is 12.9. The van der Waals surface area contributed by atoms with Crippen LogP contribution in [-0.4, -0.2) is 32.0 Å². The molecule has 1 heterocycles. The molecule has 1 amide bonds. The lowest BCUT2D eigenvalue weighted by Gasteiger charge is -2.12. The van der Waals surface area contributed by atoms with Gasteiger partial charge in [0.05, 0.1) is 21.6 Å². The fourth-order valence-corrected chi connectivity index (χ4v) is 3.67. The van der Waals surface area contributed by atoms with Crippen LogP contribution >= 0.6 is 11.6 Å². The number of rotatable bonds is 9. The first-order chi connectivity index (χ1) is 14.4. The predicted octanol–water partition coefficient (Wildman–Crippen LogP) is 3.53. The zero-order valence-electron chi connectivity index (χ0n) is 16.7. The third-order valence-electron chi connectivity index (χ3n) is 3.84. The van der Waals surface area contributed by atoms with Gasteiger partial charge in [-0.2, -0.15) is 13.2 Å². The Hall–Kier alpha value is -2.37. The van der Waals surface area contributed by atoms with Crippen molar-refractivity contribution < 1.29 is 31.1 Å². The number of carbonyl (C=O) groups excluding carboxylic acids is 1. The number of amides is 1. The van der Waals surface area contributed by atoms with Crippen LogP contribution in [0.1, 0.15) is 31.4 Å². The highest BCUT2D eigenvalue weighted by Gasteiger charge is 2.34. The van der Waals surface area contributed by atoms with E-state index < -0.39 is 37.6 Å². The number of carbonyl (C=O) groups is 1. The van der Waals surface area contributed by atoms with Gasteiger partial charge in [0.15, 0.2) is 0 Å². The van der Waals surface area contributed by atoms with Gasteiger partial charge in [0.2, 0.25) is 21.8 Å². The molecule has 0 fully saturated rings. The average Bonchev–Trinajstić information content (AvgIpc) is 2.66. The molecule has 2 N–H and O–H groups in total. The van der Waals surface area contributed by atoms with Crippen molar-refractivity contribution in [2.75, 3.05) is 6.54 Å². The van der Waals surface area contributed by atoms with Crippen LogP contribution in [-0.2, 0) is 27.5 Å². The van der Waals surface area contributed by atoms with Gasteiger partial charge in [0, 0.05) is 31.8 Å². The van der Waals surface area contributed by atoms with Crippen molar-refractivity contribution in [2.24, 2.45) is 0 Å². The number of aromatic nitrogens is 1. The fraction of sp³-hybridized carbons (Fsp3) is 0.368. The highest BCUT2D eigenvalue weighted by Crippen LogP contribution is 2.35. The molecule has 0 aliphatic carbocycles. The Bertz CT molecular complexity index is 1010. The number of nitrogens with zero attached hydrogens (tertiary/aromatic N) is 1. The molecule has 31 heavy (non-hydrogen) atoms. The minimum atomic E-state index is -4.80. The molecule has 0 aliphatic rings. The van der Waals surface area contributed by atoms with E-state index >= 15 is 0 Å². The van der Waals surface area contributed by atoms with E-state index in [0.29, 0.717) is 17.5 Å². The van der Waals surface area contributed by atoms with Crippen molar-refractivity contribution >= 4 is 27.5 Å². The highest BCUT2D eigenvalue weighted by molar-refractivity contribution is 7.89. The zero-order valence-corrected chi connectivity index (χ0v) is 18.2. The summed E-state index contributed by atoms with van der Waals surface area (Å²) in [6.07, 6.45) is -3.48. The zero-order chi connectivity index (χ0) is 23.2. The van der Waals surface area contributed by atoms with Crippen LogP contribution in [0.4, 0.5) is 13.2 Å². The number of benzene rings is 1. The first kappa shape index (κ1) is 24.9. The van der Waals surface area contributed by atoms with E-state index in [4.69, 9.17) is 16.3 Å². The molecule has 170 valence electrons. The van der Waals surface area contributed by atoms with Crippen LogP contribution < -0.4 is 14.8 Å². The molecule has 0 aliphatic heterocycles. The molecule has 2 aromatic rings. The molecule has 2 rings (SSSR count). The second-order valence-corrected chi connectivity index (χ2v) is 8.91. The van der Waals surface area contributed by atoms with Crippen LogP contribution in [0.3, 0.4) is 0 Å². The number of nitrogens with one attached hydrogen (secondary N) is 2. The summed E-state index contributed by atoms with van der Waals surface area (Å²) in [6, 6.07) is 5.66. The monoisotopic (exact) mass is 479 g/mol. The first-order valence-electron chi connectivity index (χ1n) is 9.13. The van der Waals surface area contributed by atoms with Crippen molar-refractivity contribution in [2.45, 2.75) is 44.0 Å². The lowest BCUT2D eigenvalue weighted by atomic mass is 10.2. The first-order valence-corrected chi connectivity index (χ1v) is 11.0. The second-order valence-electron chi connectivity index (χ2n) is 6.74. The standard InChI is InChI=1S/C19H21ClF3N3O4S/c1-12(2)30-18-6-3-13(11-25-18)10-24-17(27)7-8-26-31(28,29)14-4-5-16(20)15(9-14)19(21,22)23/h3-6,9,11-12,26H,7-8,10H2,1-2H3,(H,24,27). The molecule has 0 spiro atoms. The number of hydrogen-bond acceptors (Lipinski definition) is 5. The van der Waals surface area contributed by atoms with Crippen LogP contribution in [0.15, 0.2) is 41.4 Å². The SMILES string of the molecule is CC(C)Oc1ccc(CNC(=O)CCNS(=O)(=O)c2ccc(Cl)c(C(F)(F)F)c2)cn1. The van der Waals surface area contributed by atoms with Gasteiger partial charge in [0.25, 0.3) is 0 Å². The Morgan fingerprint density at radius 3 is 2.52 bits per heavy atom. The summed E-state index contributed by atoms with van der Waals surface area (Å²) in [7, 11) is -4.25. The summed E-state index contributed by atoms with van der Waals surface area (Å²) in [4.78, 5) is 15.4. The van der Waals surface area contributed by atoms with Gasteiger partial charge in [-0.3, -0.25) is 4.79 Å². The number of sulfonamides is 1. The topological polar surface area (TPSA) is 97.4 Å². The Morgan fingerprint density at radius 2 is 1.94 bits per heavy atom. The van der Waals surface area contributed by atoms with Gasteiger partial charge < -0.3 is 10.1 Å². The average molecular weight is 480 g/mol. The van der Waals surface area contributed by atoms with Crippen molar-refractivity contribution in [3.63, 3.8) is 0 Å². The number of ether oxygens (including phenoxy) is 1. The summed E-state index contributed by atoms with van der Waals surface area (Å²) >= 11 is 5.49. The maximum Gasteiger partial charge on any atom is 0.417 e. The quantitative estimate of drug-likeness (QED) is 0.573. The lowest BCUT2D eigenvalue weighted by Crippen LogP contribution is -2.30. The number of halogens is 4. The van der Waals surface area contributed by atoms with E-state index in [9.17, 15) is 26.4 Å².